The van der Waals surface area contributed by atoms with Crippen molar-refractivity contribution in [2.24, 2.45) is 0 Å². The first kappa shape index (κ1) is 16.2. The van der Waals surface area contributed by atoms with E-state index in [0.717, 1.165) is 11.6 Å². The summed E-state index contributed by atoms with van der Waals surface area (Å²) in [5.41, 5.74) is -0.717. The van der Waals surface area contributed by atoms with Crippen molar-refractivity contribution < 1.29 is 13.2 Å². The minimum Gasteiger partial charge on any atom is -0.296 e. The Morgan fingerprint density at radius 3 is 2.67 bits per heavy atom. The summed E-state index contributed by atoms with van der Waals surface area (Å²) in [6.07, 6.45) is 0.456. The lowest BCUT2D eigenvalue weighted by atomic mass is 10.1. The number of hydrogen-bond donors (Lipinski definition) is 0. The predicted octanol–water partition coefficient (Wildman–Crippen LogP) is 3.61. The normalized spacial score (nSPS) is 13.2. The third-order valence-corrected chi connectivity index (χ3v) is 3.85. The van der Waals surface area contributed by atoms with E-state index in [-0.39, 0.29) is 11.6 Å². The number of fused-ring (bicyclic) bond motifs is 1. The van der Waals surface area contributed by atoms with E-state index in [2.05, 4.69) is 9.97 Å². The van der Waals surface area contributed by atoms with Gasteiger partial charge in [0.25, 0.3) is 5.56 Å². The van der Waals surface area contributed by atoms with Crippen LogP contribution in [-0.2, 0) is 12.6 Å². The van der Waals surface area contributed by atoms with E-state index >= 15 is 0 Å². The summed E-state index contributed by atoms with van der Waals surface area (Å²) in [6.45, 7) is 1.76. The molecule has 0 aliphatic heterocycles. The van der Waals surface area contributed by atoms with Gasteiger partial charge in [-0.3, -0.25) is 14.3 Å². The van der Waals surface area contributed by atoms with Crippen molar-refractivity contribution >= 4 is 10.9 Å². The molecular formula is C17H14F3N3O. The Bertz CT molecular complexity index is 920. The second-order valence-corrected chi connectivity index (χ2v) is 5.57. The summed E-state index contributed by atoms with van der Waals surface area (Å²) >= 11 is 0. The maximum atomic E-state index is 13.2. The maximum absolute atomic E-state index is 13.2. The lowest BCUT2D eigenvalue weighted by Crippen LogP contribution is -2.26. The van der Waals surface area contributed by atoms with Crippen LogP contribution in [0.4, 0.5) is 13.2 Å². The average molecular weight is 333 g/mol. The molecule has 0 aliphatic carbocycles. The van der Waals surface area contributed by atoms with Crippen LogP contribution in [0.5, 0.6) is 0 Å². The van der Waals surface area contributed by atoms with Gasteiger partial charge in [0.15, 0.2) is 0 Å². The molecule has 0 saturated carbocycles. The van der Waals surface area contributed by atoms with Gasteiger partial charge in [0.1, 0.15) is 0 Å². The largest absolute Gasteiger partial charge is 0.417 e. The van der Waals surface area contributed by atoms with Crippen molar-refractivity contribution in [3.63, 3.8) is 0 Å². The summed E-state index contributed by atoms with van der Waals surface area (Å²) in [4.78, 5) is 20.7. The van der Waals surface area contributed by atoms with Gasteiger partial charge in [0, 0.05) is 18.4 Å². The SMILES string of the molecule is C[C@H](Cc1cccnc1)n1cnc2cccc(C(F)(F)F)c2c1=O. The van der Waals surface area contributed by atoms with E-state index in [1.165, 1.54) is 23.0 Å². The smallest absolute Gasteiger partial charge is 0.296 e. The van der Waals surface area contributed by atoms with E-state index in [1.807, 2.05) is 6.07 Å². The van der Waals surface area contributed by atoms with Crippen LogP contribution in [0.2, 0.25) is 0 Å². The minimum atomic E-state index is -4.61. The first-order valence-electron chi connectivity index (χ1n) is 7.34. The van der Waals surface area contributed by atoms with Gasteiger partial charge in [0.05, 0.1) is 22.8 Å². The monoisotopic (exact) mass is 333 g/mol. The second kappa shape index (κ2) is 6.07. The van der Waals surface area contributed by atoms with Crippen molar-refractivity contribution in [2.45, 2.75) is 25.6 Å². The molecule has 0 aliphatic rings. The molecule has 0 radical (unpaired) electrons. The zero-order valence-corrected chi connectivity index (χ0v) is 12.8. The van der Waals surface area contributed by atoms with Crippen LogP contribution in [0.25, 0.3) is 10.9 Å². The van der Waals surface area contributed by atoms with E-state index in [1.54, 1.807) is 25.4 Å². The molecule has 3 aromatic rings. The summed E-state index contributed by atoms with van der Waals surface area (Å²) < 4.78 is 40.8. The van der Waals surface area contributed by atoms with Crippen LogP contribution >= 0.6 is 0 Å². The zero-order valence-electron chi connectivity index (χ0n) is 12.8. The molecule has 0 bridgehead atoms. The van der Waals surface area contributed by atoms with Crippen LogP contribution in [0, 0.1) is 0 Å². The number of pyridine rings is 1. The highest BCUT2D eigenvalue weighted by molar-refractivity contribution is 5.81. The van der Waals surface area contributed by atoms with Gasteiger partial charge in [0.2, 0.25) is 0 Å². The van der Waals surface area contributed by atoms with Crippen molar-refractivity contribution in [2.75, 3.05) is 0 Å². The highest BCUT2D eigenvalue weighted by Gasteiger charge is 2.34. The molecular weight excluding hydrogens is 319 g/mol. The summed E-state index contributed by atoms with van der Waals surface area (Å²) in [6, 6.07) is 6.83. The van der Waals surface area contributed by atoms with Crippen molar-refractivity contribution in [3.05, 3.63) is 70.5 Å². The quantitative estimate of drug-likeness (QED) is 0.735. The Hall–Kier alpha value is -2.70. The number of aromatic nitrogens is 3. The molecule has 2 heterocycles. The van der Waals surface area contributed by atoms with E-state index in [0.29, 0.717) is 6.42 Å². The number of benzene rings is 1. The van der Waals surface area contributed by atoms with Gasteiger partial charge in [-0.2, -0.15) is 13.2 Å². The Balaban J connectivity index is 2.10. The van der Waals surface area contributed by atoms with Crippen LogP contribution in [0.3, 0.4) is 0 Å². The van der Waals surface area contributed by atoms with Crippen molar-refractivity contribution in [1.29, 1.82) is 0 Å². The maximum Gasteiger partial charge on any atom is 0.417 e. The first-order chi connectivity index (χ1) is 11.4. The highest BCUT2D eigenvalue weighted by Crippen LogP contribution is 2.32. The molecule has 0 spiro atoms. The van der Waals surface area contributed by atoms with Crippen LogP contribution in [0.15, 0.2) is 53.8 Å². The number of alkyl halides is 3. The molecule has 0 unspecified atom stereocenters. The fraction of sp³-hybridized carbons (Fsp3) is 0.235. The fourth-order valence-corrected chi connectivity index (χ4v) is 2.69. The summed E-state index contributed by atoms with van der Waals surface area (Å²) in [7, 11) is 0. The molecule has 2 aromatic heterocycles. The third-order valence-electron chi connectivity index (χ3n) is 3.85. The Labute approximate surface area is 135 Å². The van der Waals surface area contributed by atoms with Crippen LogP contribution in [0.1, 0.15) is 24.1 Å². The molecule has 7 heteroatoms. The Morgan fingerprint density at radius 1 is 1.21 bits per heavy atom. The van der Waals surface area contributed by atoms with Gasteiger partial charge in [-0.25, -0.2) is 4.98 Å². The summed E-state index contributed by atoms with van der Waals surface area (Å²) in [5, 5.41) is -0.398. The average Bonchev–Trinajstić information content (AvgIpc) is 2.54. The molecule has 0 fully saturated rings. The zero-order chi connectivity index (χ0) is 17.3. The van der Waals surface area contributed by atoms with Crippen molar-refractivity contribution in [1.82, 2.24) is 14.5 Å². The van der Waals surface area contributed by atoms with E-state index in [4.69, 9.17) is 0 Å². The topological polar surface area (TPSA) is 47.8 Å². The Morgan fingerprint density at radius 2 is 2.00 bits per heavy atom. The van der Waals surface area contributed by atoms with Gasteiger partial charge in [-0.05, 0) is 37.1 Å². The molecule has 1 aromatic carbocycles. The fourth-order valence-electron chi connectivity index (χ4n) is 2.69. The van der Waals surface area contributed by atoms with Crippen LogP contribution < -0.4 is 5.56 Å². The van der Waals surface area contributed by atoms with E-state index in [9.17, 15) is 18.0 Å². The predicted molar refractivity (Wildman–Crippen MR) is 83.7 cm³/mol. The van der Waals surface area contributed by atoms with Gasteiger partial charge >= 0.3 is 6.18 Å². The lowest BCUT2D eigenvalue weighted by molar-refractivity contribution is -0.136. The summed E-state index contributed by atoms with van der Waals surface area (Å²) in [5.74, 6) is 0. The molecule has 0 amide bonds. The highest BCUT2D eigenvalue weighted by atomic mass is 19.4. The molecule has 124 valence electrons. The standard InChI is InChI=1S/C17H14F3N3O/c1-11(8-12-4-3-7-21-9-12)23-10-22-14-6-2-5-13(17(18,19)20)15(14)16(23)24/h2-7,9-11H,8H2,1H3/t11-/m1/s1. The first-order valence-corrected chi connectivity index (χ1v) is 7.34. The van der Waals surface area contributed by atoms with Crippen molar-refractivity contribution in [3.8, 4) is 0 Å². The Kier molecular flexibility index (Phi) is 4.09. The van der Waals surface area contributed by atoms with Gasteiger partial charge in [-0.15, -0.1) is 0 Å². The van der Waals surface area contributed by atoms with Gasteiger partial charge in [-0.1, -0.05) is 12.1 Å². The lowest BCUT2D eigenvalue weighted by Gasteiger charge is -2.16. The van der Waals surface area contributed by atoms with Crippen LogP contribution in [-0.4, -0.2) is 14.5 Å². The molecule has 0 saturated heterocycles. The molecule has 4 nitrogen and oxygen atoms in total. The number of halogens is 3. The minimum absolute atomic E-state index is 0.0413. The number of nitrogens with zero attached hydrogens (tertiary/aromatic N) is 3. The molecule has 0 N–H and O–H groups in total. The third kappa shape index (κ3) is 3.02. The van der Waals surface area contributed by atoms with Gasteiger partial charge < -0.3 is 0 Å². The number of rotatable bonds is 3. The molecule has 1 atom stereocenters. The number of hydrogen-bond acceptors (Lipinski definition) is 3. The molecule has 24 heavy (non-hydrogen) atoms. The molecule has 3 rings (SSSR count). The second-order valence-electron chi connectivity index (χ2n) is 5.57. The van der Waals surface area contributed by atoms with E-state index < -0.39 is 22.7 Å².